The van der Waals surface area contributed by atoms with Gasteiger partial charge in [0.15, 0.2) is 0 Å². The van der Waals surface area contributed by atoms with Crippen LogP contribution in [0, 0.1) is 0 Å². The number of benzene rings is 1. The van der Waals surface area contributed by atoms with Gasteiger partial charge in [0.05, 0.1) is 27.3 Å². The molecule has 1 aromatic carbocycles. The molecule has 1 aliphatic carbocycles. The normalized spacial score (nSPS) is 17.2. The molecule has 0 spiro atoms. The first-order valence-corrected chi connectivity index (χ1v) is 12.5. The highest BCUT2D eigenvalue weighted by Gasteiger charge is 2.28. The zero-order valence-electron chi connectivity index (χ0n) is 16.9. The Labute approximate surface area is 193 Å². The molecule has 9 heteroatoms. The Morgan fingerprint density at radius 1 is 1.23 bits per heavy atom. The summed E-state index contributed by atoms with van der Waals surface area (Å²) in [4.78, 5) is 32.7. The third kappa shape index (κ3) is 4.22. The second-order valence-corrected chi connectivity index (χ2v) is 10.8. The molecule has 2 amide bonds. The van der Waals surface area contributed by atoms with Crippen molar-refractivity contribution in [3.63, 3.8) is 0 Å². The van der Waals surface area contributed by atoms with E-state index in [-0.39, 0.29) is 5.91 Å². The number of nitrogens with zero attached hydrogens (tertiary/aromatic N) is 2. The smallest absolute Gasteiger partial charge is 0.251 e. The lowest BCUT2D eigenvalue weighted by molar-refractivity contribution is -0.117. The zero-order valence-corrected chi connectivity index (χ0v) is 19.3. The molecule has 0 saturated carbocycles. The molecule has 5 rings (SSSR count). The van der Waals surface area contributed by atoms with E-state index in [0.717, 1.165) is 66.0 Å². The van der Waals surface area contributed by atoms with Crippen LogP contribution >= 0.6 is 34.3 Å². The number of hydrogen-bond donors (Lipinski definition) is 2. The Hall–Kier alpha value is -2.00. The lowest BCUT2D eigenvalue weighted by Crippen LogP contribution is -2.38. The predicted octanol–water partition coefficient (Wildman–Crippen LogP) is 4.42. The first-order valence-electron chi connectivity index (χ1n) is 10.5. The van der Waals surface area contributed by atoms with E-state index in [4.69, 9.17) is 22.3 Å². The molecule has 1 saturated heterocycles. The van der Waals surface area contributed by atoms with Crippen molar-refractivity contribution in [3.8, 4) is 0 Å². The van der Waals surface area contributed by atoms with Gasteiger partial charge in [-0.3, -0.25) is 14.5 Å². The number of rotatable bonds is 5. The molecular formula is C22H23ClN4O2S2. The average molecular weight is 475 g/mol. The summed E-state index contributed by atoms with van der Waals surface area (Å²) in [6, 6.07) is 5.84. The predicted molar refractivity (Wildman–Crippen MR) is 127 cm³/mol. The summed E-state index contributed by atoms with van der Waals surface area (Å²) in [5, 5.41) is 5.43. The summed E-state index contributed by atoms with van der Waals surface area (Å²) < 4.78 is 1.16. The molecule has 2 aliphatic rings. The number of hydrogen-bond acceptors (Lipinski definition) is 6. The fourth-order valence-electron chi connectivity index (χ4n) is 4.55. The standard InChI is InChI=1S/C22H23ClN4O2S2/c23-13-4-5-17-15(10-13)25-21(31-17)12-6-8-27(9-7-12)11-18(28)26-22-19(20(24)29)14-2-1-3-16(14)30-22/h4-5,10,12H,1-3,6-9,11H2,(H2,24,29)(H,26,28). The highest BCUT2D eigenvalue weighted by atomic mass is 35.5. The van der Waals surface area contributed by atoms with Crippen molar-refractivity contribution in [1.82, 2.24) is 9.88 Å². The quantitative estimate of drug-likeness (QED) is 0.573. The van der Waals surface area contributed by atoms with Crippen LogP contribution in [-0.4, -0.2) is 41.3 Å². The number of piperidine rings is 1. The summed E-state index contributed by atoms with van der Waals surface area (Å²) in [6.07, 6.45) is 4.82. The number of amides is 2. The van der Waals surface area contributed by atoms with Gasteiger partial charge in [-0.05, 0) is 69.0 Å². The molecule has 3 heterocycles. The van der Waals surface area contributed by atoms with E-state index in [0.29, 0.717) is 28.0 Å². The molecule has 1 fully saturated rings. The lowest BCUT2D eigenvalue weighted by atomic mass is 9.97. The van der Waals surface area contributed by atoms with Crippen LogP contribution in [0.4, 0.5) is 5.00 Å². The zero-order chi connectivity index (χ0) is 21.5. The fourth-order valence-corrected chi connectivity index (χ4v) is 7.15. The van der Waals surface area contributed by atoms with E-state index >= 15 is 0 Å². The van der Waals surface area contributed by atoms with Crippen LogP contribution in [0.25, 0.3) is 10.2 Å². The average Bonchev–Trinajstić information content (AvgIpc) is 3.42. The number of aryl methyl sites for hydroxylation is 1. The number of likely N-dealkylation sites (tertiary alicyclic amines) is 1. The number of carbonyl (C=O) groups is 2. The third-order valence-corrected chi connectivity index (χ3v) is 8.73. The minimum absolute atomic E-state index is 0.0875. The van der Waals surface area contributed by atoms with E-state index in [2.05, 4.69) is 10.2 Å². The van der Waals surface area contributed by atoms with E-state index < -0.39 is 5.91 Å². The molecule has 1 aliphatic heterocycles. The van der Waals surface area contributed by atoms with Crippen molar-refractivity contribution in [2.75, 3.05) is 25.0 Å². The van der Waals surface area contributed by atoms with Gasteiger partial charge in [-0.1, -0.05) is 11.6 Å². The second-order valence-electron chi connectivity index (χ2n) is 8.19. The molecule has 2 aromatic heterocycles. The Balaban J connectivity index is 1.19. The first-order chi connectivity index (χ1) is 15.0. The summed E-state index contributed by atoms with van der Waals surface area (Å²) in [7, 11) is 0. The monoisotopic (exact) mass is 474 g/mol. The number of thiophene rings is 1. The van der Waals surface area contributed by atoms with Gasteiger partial charge in [0, 0.05) is 15.8 Å². The maximum Gasteiger partial charge on any atom is 0.251 e. The van der Waals surface area contributed by atoms with Gasteiger partial charge in [-0.2, -0.15) is 0 Å². The van der Waals surface area contributed by atoms with Gasteiger partial charge in [0.25, 0.3) is 5.91 Å². The van der Waals surface area contributed by atoms with Gasteiger partial charge in [0.2, 0.25) is 5.91 Å². The number of halogens is 1. The van der Waals surface area contributed by atoms with E-state index in [1.807, 2.05) is 18.2 Å². The summed E-state index contributed by atoms with van der Waals surface area (Å²) in [5.74, 6) is -0.125. The van der Waals surface area contributed by atoms with E-state index in [9.17, 15) is 9.59 Å². The molecule has 31 heavy (non-hydrogen) atoms. The summed E-state index contributed by atoms with van der Waals surface area (Å²) >= 11 is 9.32. The van der Waals surface area contributed by atoms with E-state index in [1.165, 1.54) is 16.2 Å². The van der Waals surface area contributed by atoms with Gasteiger partial charge in [0.1, 0.15) is 5.00 Å². The first kappa shape index (κ1) is 20.9. The molecule has 0 unspecified atom stereocenters. The highest BCUT2D eigenvalue weighted by molar-refractivity contribution is 7.18. The van der Waals surface area contributed by atoms with Crippen molar-refractivity contribution in [1.29, 1.82) is 0 Å². The molecule has 6 nitrogen and oxygen atoms in total. The van der Waals surface area contributed by atoms with Crippen LogP contribution in [0.3, 0.4) is 0 Å². The van der Waals surface area contributed by atoms with Gasteiger partial charge >= 0.3 is 0 Å². The van der Waals surface area contributed by atoms with Crippen molar-refractivity contribution < 1.29 is 9.59 Å². The number of anilines is 1. The Kier molecular flexibility index (Phi) is 5.73. The van der Waals surface area contributed by atoms with Gasteiger partial charge in [-0.25, -0.2) is 4.98 Å². The topological polar surface area (TPSA) is 88.3 Å². The number of aromatic nitrogens is 1. The van der Waals surface area contributed by atoms with Gasteiger partial charge in [-0.15, -0.1) is 22.7 Å². The Bertz CT molecular complexity index is 1160. The van der Waals surface area contributed by atoms with Crippen LogP contribution in [-0.2, 0) is 17.6 Å². The number of primary amides is 1. The van der Waals surface area contributed by atoms with Crippen molar-refractivity contribution >= 4 is 61.3 Å². The Morgan fingerprint density at radius 3 is 2.81 bits per heavy atom. The van der Waals surface area contributed by atoms with Crippen molar-refractivity contribution in [3.05, 3.63) is 44.2 Å². The number of carbonyl (C=O) groups excluding carboxylic acids is 2. The molecule has 162 valence electrons. The molecule has 3 aromatic rings. The molecule has 0 radical (unpaired) electrons. The number of thiazole rings is 1. The van der Waals surface area contributed by atoms with Crippen molar-refractivity contribution in [2.24, 2.45) is 5.73 Å². The van der Waals surface area contributed by atoms with E-state index in [1.54, 1.807) is 11.3 Å². The maximum atomic E-state index is 12.7. The number of nitrogens with one attached hydrogen (secondary N) is 1. The van der Waals surface area contributed by atoms with Gasteiger partial charge < -0.3 is 11.1 Å². The summed E-state index contributed by atoms with van der Waals surface area (Å²) in [6.45, 7) is 2.01. The highest BCUT2D eigenvalue weighted by Crippen LogP contribution is 2.39. The van der Waals surface area contributed by atoms with Crippen molar-refractivity contribution in [2.45, 2.75) is 38.0 Å². The minimum Gasteiger partial charge on any atom is -0.365 e. The Morgan fingerprint density at radius 2 is 2.03 bits per heavy atom. The molecule has 0 bridgehead atoms. The number of nitrogens with two attached hydrogens (primary N) is 1. The second kappa shape index (κ2) is 8.50. The largest absolute Gasteiger partial charge is 0.365 e. The van der Waals surface area contributed by atoms with Crippen LogP contribution in [0.15, 0.2) is 18.2 Å². The lowest BCUT2D eigenvalue weighted by Gasteiger charge is -2.30. The minimum atomic E-state index is -0.451. The number of fused-ring (bicyclic) bond motifs is 2. The molecule has 0 atom stereocenters. The van der Waals surface area contributed by atoms with Crippen LogP contribution in [0.5, 0.6) is 0 Å². The molecular weight excluding hydrogens is 452 g/mol. The van der Waals surface area contributed by atoms with Crippen LogP contribution < -0.4 is 11.1 Å². The van der Waals surface area contributed by atoms with Crippen LogP contribution in [0.1, 0.15) is 51.0 Å². The third-order valence-electron chi connectivity index (χ3n) is 6.09. The molecule has 3 N–H and O–H groups in total. The fraction of sp³-hybridized carbons (Fsp3) is 0.409. The SMILES string of the molecule is NC(=O)c1c(NC(=O)CN2CCC(c3nc4cc(Cl)ccc4s3)CC2)sc2c1CCC2. The summed E-state index contributed by atoms with van der Waals surface area (Å²) in [5.41, 5.74) is 8.10. The van der Waals surface area contributed by atoms with Crippen LogP contribution in [0.2, 0.25) is 5.02 Å². The maximum absolute atomic E-state index is 12.7.